The van der Waals surface area contributed by atoms with E-state index in [4.69, 9.17) is 9.47 Å². The quantitative estimate of drug-likeness (QED) is 0.229. The summed E-state index contributed by atoms with van der Waals surface area (Å²) < 4.78 is 10.4. The van der Waals surface area contributed by atoms with Gasteiger partial charge in [-0.15, -0.1) is 11.8 Å². The lowest BCUT2D eigenvalue weighted by molar-refractivity contribution is -0.144. The normalized spacial score (nSPS) is 10.4. The lowest BCUT2D eigenvalue weighted by Gasteiger charge is -2.06. The SMILES string of the molecule is CCCCCCCOC(=O)CCCC(=O)Oc1ccc(SC)cc1. The van der Waals surface area contributed by atoms with Gasteiger partial charge in [-0.1, -0.05) is 32.6 Å². The van der Waals surface area contributed by atoms with Gasteiger partial charge in [-0.3, -0.25) is 9.59 Å². The molecule has 0 aliphatic heterocycles. The van der Waals surface area contributed by atoms with Crippen LogP contribution in [-0.4, -0.2) is 24.8 Å². The summed E-state index contributed by atoms with van der Waals surface area (Å²) >= 11 is 1.63. The summed E-state index contributed by atoms with van der Waals surface area (Å²) in [6, 6.07) is 7.36. The van der Waals surface area contributed by atoms with Crippen LogP contribution in [0.1, 0.15) is 58.3 Å². The third-order valence-electron chi connectivity index (χ3n) is 3.56. The molecule has 134 valence electrons. The Balaban J connectivity index is 2.08. The first-order valence-corrected chi connectivity index (χ1v) is 9.88. The molecule has 0 unspecified atom stereocenters. The van der Waals surface area contributed by atoms with Gasteiger partial charge in [0.15, 0.2) is 0 Å². The highest BCUT2D eigenvalue weighted by Crippen LogP contribution is 2.19. The van der Waals surface area contributed by atoms with E-state index < -0.39 is 0 Å². The minimum atomic E-state index is -0.320. The van der Waals surface area contributed by atoms with Crippen LogP contribution >= 0.6 is 11.8 Å². The minimum Gasteiger partial charge on any atom is -0.466 e. The standard InChI is InChI=1S/C19H28O4S/c1-3-4-5-6-7-15-22-18(20)9-8-10-19(21)23-16-11-13-17(24-2)14-12-16/h11-14H,3-10,15H2,1-2H3. The number of thioether (sulfide) groups is 1. The van der Waals surface area contributed by atoms with E-state index in [2.05, 4.69) is 6.92 Å². The van der Waals surface area contributed by atoms with Crippen LogP contribution in [0.25, 0.3) is 0 Å². The molecule has 0 atom stereocenters. The van der Waals surface area contributed by atoms with Gasteiger partial charge in [0, 0.05) is 17.7 Å². The molecule has 1 rings (SSSR count). The monoisotopic (exact) mass is 352 g/mol. The van der Waals surface area contributed by atoms with Gasteiger partial charge >= 0.3 is 11.9 Å². The van der Waals surface area contributed by atoms with Gasteiger partial charge in [-0.25, -0.2) is 0 Å². The number of rotatable bonds is 12. The molecule has 0 spiro atoms. The molecule has 24 heavy (non-hydrogen) atoms. The lowest BCUT2D eigenvalue weighted by Crippen LogP contribution is -2.10. The first-order chi connectivity index (χ1) is 11.7. The number of ether oxygens (including phenoxy) is 2. The fraction of sp³-hybridized carbons (Fsp3) is 0.579. The van der Waals surface area contributed by atoms with E-state index in [0.717, 1.165) is 17.7 Å². The molecule has 0 saturated heterocycles. The van der Waals surface area contributed by atoms with Crippen molar-refractivity contribution in [2.45, 2.75) is 63.2 Å². The van der Waals surface area contributed by atoms with Crippen molar-refractivity contribution in [3.8, 4) is 5.75 Å². The summed E-state index contributed by atoms with van der Waals surface area (Å²) in [5.74, 6) is -0.0191. The van der Waals surface area contributed by atoms with Crippen LogP contribution in [0.4, 0.5) is 0 Å². The minimum absolute atomic E-state index is 0.218. The van der Waals surface area contributed by atoms with Crippen molar-refractivity contribution >= 4 is 23.7 Å². The Kier molecular flexibility index (Phi) is 11.0. The topological polar surface area (TPSA) is 52.6 Å². The third-order valence-corrected chi connectivity index (χ3v) is 4.31. The number of esters is 2. The molecule has 0 radical (unpaired) electrons. The summed E-state index contributed by atoms with van der Waals surface area (Å²) in [6.45, 7) is 2.65. The summed E-state index contributed by atoms with van der Waals surface area (Å²) in [7, 11) is 0. The van der Waals surface area contributed by atoms with Crippen molar-refractivity contribution in [3.63, 3.8) is 0 Å². The predicted octanol–water partition coefficient (Wildman–Crippen LogP) is 5.00. The zero-order valence-electron chi connectivity index (χ0n) is 14.7. The van der Waals surface area contributed by atoms with Gasteiger partial charge in [0.05, 0.1) is 6.61 Å². The van der Waals surface area contributed by atoms with Gasteiger partial charge in [-0.05, 0) is 43.4 Å². The van der Waals surface area contributed by atoms with E-state index in [0.29, 0.717) is 18.8 Å². The number of hydrogen-bond acceptors (Lipinski definition) is 5. The highest BCUT2D eigenvalue weighted by molar-refractivity contribution is 7.98. The second-order valence-corrected chi connectivity index (χ2v) is 6.52. The Morgan fingerprint density at radius 2 is 1.58 bits per heavy atom. The number of hydrogen-bond donors (Lipinski definition) is 0. The molecule has 0 aliphatic carbocycles. The number of carbonyl (C=O) groups is 2. The van der Waals surface area contributed by atoms with Crippen LogP contribution < -0.4 is 4.74 Å². The molecule has 0 saturated carbocycles. The highest BCUT2D eigenvalue weighted by atomic mass is 32.2. The van der Waals surface area contributed by atoms with Crippen molar-refractivity contribution in [1.29, 1.82) is 0 Å². The lowest BCUT2D eigenvalue weighted by atomic mass is 10.2. The molecule has 0 aromatic heterocycles. The molecule has 0 aliphatic rings. The maximum Gasteiger partial charge on any atom is 0.311 e. The third kappa shape index (κ3) is 9.60. The molecule has 4 nitrogen and oxygen atoms in total. The molecule has 0 N–H and O–H groups in total. The smallest absolute Gasteiger partial charge is 0.311 e. The summed E-state index contributed by atoms with van der Waals surface area (Å²) in [5.41, 5.74) is 0. The number of unbranched alkanes of at least 4 members (excludes halogenated alkanes) is 4. The Hall–Kier alpha value is -1.49. The Labute approximate surface area is 149 Å². The largest absolute Gasteiger partial charge is 0.466 e. The molecule has 0 bridgehead atoms. The summed E-state index contributed by atoms with van der Waals surface area (Å²) in [4.78, 5) is 24.4. The molecule has 0 amide bonds. The molecule has 0 heterocycles. The predicted molar refractivity (Wildman–Crippen MR) is 97.4 cm³/mol. The maximum atomic E-state index is 11.7. The molecule has 5 heteroatoms. The van der Waals surface area contributed by atoms with Crippen molar-refractivity contribution in [1.82, 2.24) is 0 Å². The molecular formula is C19H28O4S. The fourth-order valence-corrected chi connectivity index (χ4v) is 2.58. The van der Waals surface area contributed by atoms with Crippen LogP contribution in [0.3, 0.4) is 0 Å². The second kappa shape index (κ2) is 12.9. The van der Waals surface area contributed by atoms with Crippen LogP contribution in [0, 0.1) is 0 Å². The van der Waals surface area contributed by atoms with Crippen LogP contribution in [0.5, 0.6) is 5.75 Å². The van der Waals surface area contributed by atoms with Gasteiger partial charge in [-0.2, -0.15) is 0 Å². The van der Waals surface area contributed by atoms with E-state index in [1.54, 1.807) is 23.9 Å². The van der Waals surface area contributed by atoms with Crippen molar-refractivity contribution in [2.75, 3.05) is 12.9 Å². The molecule has 0 fully saturated rings. The first kappa shape index (κ1) is 20.6. The average Bonchev–Trinajstić information content (AvgIpc) is 2.58. The molecular weight excluding hydrogens is 324 g/mol. The molecule has 1 aromatic carbocycles. The number of benzene rings is 1. The van der Waals surface area contributed by atoms with Crippen molar-refractivity contribution < 1.29 is 19.1 Å². The highest BCUT2D eigenvalue weighted by Gasteiger charge is 2.08. The van der Waals surface area contributed by atoms with Gasteiger partial charge in [0.1, 0.15) is 5.75 Å². The zero-order valence-corrected chi connectivity index (χ0v) is 15.5. The summed E-state index contributed by atoms with van der Waals surface area (Å²) in [6.07, 6.45) is 8.57. The van der Waals surface area contributed by atoms with Gasteiger partial charge in [0.25, 0.3) is 0 Å². The van der Waals surface area contributed by atoms with E-state index in [1.165, 1.54) is 19.3 Å². The fourth-order valence-electron chi connectivity index (χ4n) is 2.17. The first-order valence-electron chi connectivity index (χ1n) is 8.66. The number of carbonyl (C=O) groups excluding carboxylic acids is 2. The van der Waals surface area contributed by atoms with E-state index in [-0.39, 0.29) is 24.8 Å². The van der Waals surface area contributed by atoms with Crippen LogP contribution in [0.2, 0.25) is 0 Å². The van der Waals surface area contributed by atoms with Crippen LogP contribution in [0.15, 0.2) is 29.2 Å². The van der Waals surface area contributed by atoms with E-state index in [9.17, 15) is 9.59 Å². The van der Waals surface area contributed by atoms with Gasteiger partial charge < -0.3 is 9.47 Å². The Morgan fingerprint density at radius 3 is 2.25 bits per heavy atom. The van der Waals surface area contributed by atoms with E-state index >= 15 is 0 Å². The van der Waals surface area contributed by atoms with Crippen molar-refractivity contribution in [2.24, 2.45) is 0 Å². The Bertz CT molecular complexity index is 485. The average molecular weight is 352 g/mol. The Morgan fingerprint density at radius 1 is 0.917 bits per heavy atom. The van der Waals surface area contributed by atoms with Gasteiger partial charge in [0.2, 0.25) is 0 Å². The van der Waals surface area contributed by atoms with Crippen LogP contribution in [-0.2, 0) is 14.3 Å². The maximum absolute atomic E-state index is 11.7. The van der Waals surface area contributed by atoms with Crippen molar-refractivity contribution in [3.05, 3.63) is 24.3 Å². The zero-order chi connectivity index (χ0) is 17.6. The molecule has 1 aromatic rings. The second-order valence-electron chi connectivity index (χ2n) is 5.64. The summed E-state index contributed by atoms with van der Waals surface area (Å²) in [5, 5.41) is 0. The van der Waals surface area contributed by atoms with E-state index in [1.807, 2.05) is 18.4 Å².